The summed E-state index contributed by atoms with van der Waals surface area (Å²) in [4.78, 5) is 12.6. The van der Waals surface area contributed by atoms with E-state index in [1.165, 1.54) is 31.2 Å². The van der Waals surface area contributed by atoms with Gasteiger partial charge in [-0.1, -0.05) is 55.8 Å². The first-order valence-corrected chi connectivity index (χ1v) is 11.4. The molecule has 1 aromatic carbocycles. The smallest absolute Gasteiger partial charge is 0.139 e. The molecule has 4 aliphatic carbocycles. The zero-order chi connectivity index (χ0) is 19.4. The van der Waals surface area contributed by atoms with Crippen LogP contribution >= 0.6 is 0 Å². The van der Waals surface area contributed by atoms with E-state index in [9.17, 15) is 4.79 Å². The molecule has 2 heteroatoms. The molecule has 3 saturated carbocycles. The maximum atomic E-state index is 12.6. The fraction of sp³-hybridized carbons (Fsp3) is 0.654. The van der Waals surface area contributed by atoms with Crippen LogP contribution in [0.1, 0.15) is 70.8 Å². The average Bonchev–Trinajstić information content (AvgIpc) is 3.02. The first-order valence-electron chi connectivity index (χ1n) is 11.4. The van der Waals surface area contributed by atoms with Gasteiger partial charge in [0.15, 0.2) is 0 Å². The third kappa shape index (κ3) is 2.83. The Hall–Kier alpha value is -1.41. The molecule has 0 aromatic heterocycles. The molecule has 6 atom stereocenters. The summed E-state index contributed by atoms with van der Waals surface area (Å²) in [5.74, 6) is 2.67. The van der Waals surface area contributed by atoms with Crippen molar-refractivity contribution in [2.45, 2.75) is 77.9 Å². The van der Waals surface area contributed by atoms with Gasteiger partial charge in [-0.05, 0) is 73.7 Å². The van der Waals surface area contributed by atoms with Crippen LogP contribution in [0.4, 0.5) is 0 Å². The maximum Gasteiger partial charge on any atom is 0.139 e. The van der Waals surface area contributed by atoms with Crippen molar-refractivity contribution in [3.05, 3.63) is 47.5 Å². The van der Waals surface area contributed by atoms with Crippen molar-refractivity contribution in [1.82, 2.24) is 0 Å². The number of benzene rings is 1. The van der Waals surface area contributed by atoms with Gasteiger partial charge < -0.3 is 4.74 Å². The number of fused-ring (bicyclic) bond motifs is 5. The summed E-state index contributed by atoms with van der Waals surface area (Å²) in [6.45, 7) is 5.53. The second kappa shape index (κ2) is 6.83. The van der Waals surface area contributed by atoms with Crippen LogP contribution in [0.5, 0.6) is 0 Å². The Morgan fingerprint density at radius 3 is 2.57 bits per heavy atom. The predicted molar refractivity (Wildman–Crippen MR) is 112 cm³/mol. The molecule has 0 saturated heterocycles. The van der Waals surface area contributed by atoms with Crippen molar-refractivity contribution in [2.24, 2.45) is 28.6 Å². The molecule has 0 aliphatic heterocycles. The van der Waals surface area contributed by atoms with Gasteiger partial charge in [0.1, 0.15) is 5.78 Å². The van der Waals surface area contributed by atoms with Crippen molar-refractivity contribution in [1.29, 1.82) is 0 Å². The normalized spacial score (nSPS) is 42.4. The first kappa shape index (κ1) is 18.6. The van der Waals surface area contributed by atoms with Gasteiger partial charge in [0.2, 0.25) is 0 Å². The van der Waals surface area contributed by atoms with Gasteiger partial charge in [0, 0.05) is 11.8 Å². The van der Waals surface area contributed by atoms with E-state index in [-0.39, 0.29) is 5.41 Å². The second-order valence-electron chi connectivity index (χ2n) is 10.3. The van der Waals surface area contributed by atoms with Crippen LogP contribution in [-0.4, -0.2) is 11.9 Å². The summed E-state index contributed by atoms with van der Waals surface area (Å²) in [6.07, 6.45) is 12.0. The van der Waals surface area contributed by atoms with Crippen molar-refractivity contribution in [3.63, 3.8) is 0 Å². The fourth-order valence-corrected chi connectivity index (χ4v) is 7.33. The molecule has 0 heterocycles. The molecule has 3 fully saturated rings. The predicted octanol–water partition coefficient (Wildman–Crippen LogP) is 6.10. The Morgan fingerprint density at radius 1 is 1.00 bits per heavy atom. The van der Waals surface area contributed by atoms with E-state index in [2.05, 4.69) is 50.3 Å². The molecule has 0 radical (unpaired) electrons. The summed E-state index contributed by atoms with van der Waals surface area (Å²) in [5, 5.41) is 0. The van der Waals surface area contributed by atoms with Gasteiger partial charge in [-0.3, -0.25) is 4.79 Å². The van der Waals surface area contributed by atoms with E-state index in [0.717, 1.165) is 44.1 Å². The van der Waals surface area contributed by atoms with Crippen molar-refractivity contribution >= 4 is 5.78 Å². The minimum atomic E-state index is -0.0150. The zero-order valence-electron chi connectivity index (χ0n) is 17.5. The van der Waals surface area contributed by atoms with E-state index in [4.69, 9.17) is 4.74 Å². The maximum absolute atomic E-state index is 12.6. The number of ketones is 1. The lowest BCUT2D eigenvalue weighted by Gasteiger charge is -2.57. The van der Waals surface area contributed by atoms with E-state index < -0.39 is 0 Å². The molecule has 28 heavy (non-hydrogen) atoms. The molecule has 0 spiro atoms. The Labute approximate surface area is 169 Å². The van der Waals surface area contributed by atoms with Crippen LogP contribution in [0.2, 0.25) is 0 Å². The summed E-state index contributed by atoms with van der Waals surface area (Å²) >= 11 is 0. The molecule has 2 nitrogen and oxygen atoms in total. The van der Waals surface area contributed by atoms with E-state index >= 15 is 0 Å². The van der Waals surface area contributed by atoms with Crippen LogP contribution in [0.25, 0.3) is 0 Å². The average molecular weight is 379 g/mol. The van der Waals surface area contributed by atoms with Crippen LogP contribution in [0.3, 0.4) is 0 Å². The van der Waals surface area contributed by atoms with Gasteiger partial charge >= 0.3 is 0 Å². The van der Waals surface area contributed by atoms with Crippen molar-refractivity contribution in [2.75, 3.05) is 0 Å². The third-order valence-corrected chi connectivity index (χ3v) is 9.10. The van der Waals surface area contributed by atoms with Crippen molar-refractivity contribution < 1.29 is 9.53 Å². The molecule has 150 valence electrons. The highest BCUT2D eigenvalue weighted by Gasteiger charge is 2.58. The lowest BCUT2D eigenvalue weighted by molar-refractivity contribution is -0.132. The molecule has 1 aromatic rings. The number of carbonyl (C=O) groups excluding carboxylic acids is 1. The van der Waals surface area contributed by atoms with E-state index in [0.29, 0.717) is 23.2 Å². The van der Waals surface area contributed by atoms with Gasteiger partial charge in [0.25, 0.3) is 0 Å². The van der Waals surface area contributed by atoms with Gasteiger partial charge in [0.05, 0.1) is 12.7 Å². The van der Waals surface area contributed by atoms with Crippen LogP contribution in [0, 0.1) is 28.6 Å². The molecule has 0 N–H and O–H groups in total. The number of rotatable bonds is 3. The molecular formula is C26H34O2. The number of allylic oxidation sites excluding steroid dienone is 1. The molecule has 4 aliphatic rings. The minimum Gasteiger partial charge on any atom is -0.373 e. The molecule has 1 unspecified atom stereocenters. The lowest BCUT2D eigenvalue weighted by atomic mass is 9.48. The Bertz CT molecular complexity index is 781. The van der Waals surface area contributed by atoms with Crippen molar-refractivity contribution in [3.8, 4) is 0 Å². The molecule has 0 bridgehead atoms. The monoisotopic (exact) mass is 378 g/mol. The highest BCUT2D eigenvalue weighted by atomic mass is 16.5. The second-order valence-corrected chi connectivity index (χ2v) is 10.3. The molecule has 0 amide bonds. The summed E-state index contributed by atoms with van der Waals surface area (Å²) in [5.41, 5.74) is 3.25. The summed E-state index contributed by atoms with van der Waals surface area (Å²) in [6, 6.07) is 10.5. The SMILES string of the molecule is C[C@]12CCC(OCc3ccccc3)CC1=CC[C@@H]1[C@H]2CC[C@]2(C)C(=O)CC[C@@H]12. The Balaban J connectivity index is 1.31. The van der Waals surface area contributed by atoms with Crippen LogP contribution < -0.4 is 0 Å². The Kier molecular flexibility index (Phi) is 4.54. The van der Waals surface area contributed by atoms with Gasteiger partial charge in [-0.15, -0.1) is 0 Å². The number of ether oxygens (including phenoxy) is 1. The first-order chi connectivity index (χ1) is 13.5. The van der Waals surface area contributed by atoms with Crippen LogP contribution in [0.15, 0.2) is 42.0 Å². The largest absolute Gasteiger partial charge is 0.373 e. The standard InChI is InChI=1S/C26H34O2/c1-25-14-12-20(28-17-18-6-4-3-5-7-18)16-19(25)8-9-21-22-10-11-24(27)26(22,2)15-13-23(21)25/h3-8,20-23H,9-17H2,1-2H3/t20?,21-,22-,23+,25-,26-/m0/s1. The fourth-order valence-electron chi connectivity index (χ4n) is 7.33. The quantitative estimate of drug-likeness (QED) is 0.594. The topological polar surface area (TPSA) is 26.3 Å². The molecular weight excluding hydrogens is 344 g/mol. The highest BCUT2D eigenvalue weighted by molar-refractivity contribution is 5.87. The number of carbonyl (C=O) groups is 1. The van der Waals surface area contributed by atoms with Gasteiger partial charge in [-0.2, -0.15) is 0 Å². The summed E-state index contributed by atoms with van der Waals surface area (Å²) < 4.78 is 6.31. The number of hydrogen-bond donors (Lipinski definition) is 0. The molecule has 5 rings (SSSR count). The number of Topliss-reactive ketones (excluding diaryl/α,β-unsaturated/α-hetero) is 1. The highest BCUT2D eigenvalue weighted by Crippen LogP contribution is 2.64. The Morgan fingerprint density at radius 2 is 1.75 bits per heavy atom. The number of hydrogen-bond acceptors (Lipinski definition) is 2. The third-order valence-electron chi connectivity index (χ3n) is 9.10. The van der Waals surface area contributed by atoms with Crippen LogP contribution in [-0.2, 0) is 16.1 Å². The van der Waals surface area contributed by atoms with E-state index in [1.54, 1.807) is 5.57 Å². The zero-order valence-corrected chi connectivity index (χ0v) is 17.5. The lowest BCUT2D eigenvalue weighted by Crippen LogP contribution is -2.50. The van der Waals surface area contributed by atoms with E-state index in [1.807, 2.05) is 0 Å². The summed E-state index contributed by atoms with van der Waals surface area (Å²) in [7, 11) is 0. The van der Waals surface area contributed by atoms with Gasteiger partial charge in [-0.25, -0.2) is 0 Å². The minimum absolute atomic E-state index is 0.0150.